The van der Waals surface area contributed by atoms with Gasteiger partial charge in [0, 0.05) is 6.42 Å². The summed E-state index contributed by atoms with van der Waals surface area (Å²) in [6.07, 6.45) is 7.62. The van der Waals surface area contributed by atoms with Crippen LogP contribution in [0.5, 0.6) is 0 Å². The second-order valence-corrected chi connectivity index (χ2v) is 8.96. The molecule has 1 amide bonds. The van der Waals surface area contributed by atoms with Gasteiger partial charge in [0.25, 0.3) is 10.1 Å². The number of carbonyl (C=O) groups is 1. The fourth-order valence-electron chi connectivity index (χ4n) is 2.79. The fraction of sp³-hybridized carbons (Fsp3) is 0.941. The Morgan fingerprint density at radius 1 is 1.08 bits per heavy atom. The van der Waals surface area contributed by atoms with Crippen molar-refractivity contribution in [3.05, 3.63) is 0 Å². The van der Waals surface area contributed by atoms with Crippen LogP contribution >= 0.6 is 0 Å². The fourth-order valence-corrected chi connectivity index (χ4v) is 3.38. The summed E-state index contributed by atoms with van der Waals surface area (Å²) in [5.74, 6) is -0.633. The van der Waals surface area contributed by atoms with Crippen molar-refractivity contribution < 1.29 is 27.4 Å². The summed E-state index contributed by atoms with van der Waals surface area (Å²) in [4.78, 5) is 11.8. The van der Waals surface area contributed by atoms with E-state index < -0.39 is 22.0 Å². The van der Waals surface area contributed by atoms with Gasteiger partial charge >= 0.3 is 0 Å². The molecule has 0 fully saturated rings. The standard InChI is InChI=1S/C17H36N2O5S/c1-4-5-6-7-8-9-10-11-17(21)18-12-13-19(2,3)14-16(20)15-25(22,23)24/h16,20H,4-15H2,1-3H3,(H-,18,21,22,23,24)/p+1. The van der Waals surface area contributed by atoms with E-state index in [1.165, 1.54) is 32.1 Å². The maximum Gasteiger partial charge on any atom is 0.267 e. The molecule has 0 aromatic carbocycles. The number of carbonyl (C=O) groups excluding carboxylic acids is 1. The van der Waals surface area contributed by atoms with Crippen molar-refractivity contribution >= 4 is 16.0 Å². The number of amides is 1. The Morgan fingerprint density at radius 3 is 2.20 bits per heavy atom. The smallest absolute Gasteiger partial charge is 0.267 e. The van der Waals surface area contributed by atoms with Crippen molar-refractivity contribution in [3.63, 3.8) is 0 Å². The summed E-state index contributed by atoms with van der Waals surface area (Å²) in [6.45, 7) is 3.43. The van der Waals surface area contributed by atoms with Crippen LogP contribution in [0.25, 0.3) is 0 Å². The second-order valence-electron chi connectivity index (χ2n) is 7.47. The molecular formula is C17H37N2O5S+. The normalized spacial score (nSPS) is 13.6. The van der Waals surface area contributed by atoms with Crippen molar-refractivity contribution in [2.45, 2.75) is 64.4 Å². The molecule has 25 heavy (non-hydrogen) atoms. The minimum absolute atomic E-state index is 0.0343. The molecule has 0 spiro atoms. The lowest BCUT2D eigenvalue weighted by molar-refractivity contribution is -0.891. The third-order valence-corrected chi connectivity index (χ3v) is 4.96. The second kappa shape index (κ2) is 12.6. The predicted molar refractivity (Wildman–Crippen MR) is 99.9 cm³/mol. The van der Waals surface area contributed by atoms with Gasteiger partial charge in [-0.25, -0.2) is 0 Å². The van der Waals surface area contributed by atoms with Crippen LogP contribution in [0.3, 0.4) is 0 Å². The Bertz CT molecular complexity index is 466. The van der Waals surface area contributed by atoms with Crippen molar-refractivity contribution in [2.24, 2.45) is 0 Å². The summed E-state index contributed by atoms with van der Waals surface area (Å²) in [7, 11) is -0.494. The molecule has 0 aromatic heterocycles. The van der Waals surface area contributed by atoms with Crippen LogP contribution in [0.15, 0.2) is 0 Å². The molecule has 0 heterocycles. The number of nitrogens with one attached hydrogen (secondary N) is 1. The number of quaternary nitrogens is 1. The summed E-state index contributed by atoms with van der Waals surface area (Å²) < 4.78 is 30.6. The molecule has 0 saturated carbocycles. The average molecular weight is 382 g/mol. The van der Waals surface area contributed by atoms with E-state index in [2.05, 4.69) is 12.2 Å². The van der Waals surface area contributed by atoms with E-state index in [0.717, 1.165) is 12.8 Å². The number of unbranched alkanes of at least 4 members (excludes halogenated alkanes) is 6. The highest BCUT2D eigenvalue weighted by molar-refractivity contribution is 7.85. The molecule has 7 nitrogen and oxygen atoms in total. The molecule has 0 aliphatic heterocycles. The van der Waals surface area contributed by atoms with Crippen LogP contribution < -0.4 is 5.32 Å². The molecule has 150 valence electrons. The number of aliphatic hydroxyl groups is 1. The molecule has 0 aliphatic carbocycles. The van der Waals surface area contributed by atoms with E-state index in [-0.39, 0.29) is 12.5 Å². The van der Waals surface area contributed by atoms with E-state index in [1.54, 1.807) is 0 Å². The highest BCUT2D eigenvalue weighted by Gasteiger charge is 2.24. The van der Waals surface area contributed by atoms with Crippen LogP contribution in [-0.4, -0.2) is 74.1 Å². The summed E-state index contributed by atoms with van der Waals surface area (Å²) in [5, 5.41) is 12.6. The third kappa shape index (κ3) is 16.5. The lowest BCUT2D eigenvalue weighted by Gasteiger charge is -2.31. The Balaban J connectivity index is 3.80. The van der Waals surface area contributed by atoms with Crippen molar-refractivity contribution in [1.82, 2.24) is 5.32 Å². The van der Waals surface area contributed by atoms with Crippen LogP contribution in [0, 0.1) is 0 Å². The molecular weight excluding hydrogens is 344 g/mol. The first-order chi connectivity index (χ1) is 11.6. The van der Waals surface area contributed by atoms with E-state index in [4.69, 9.17) is 4.55 Å². The Hall–Kier alpha value is -0.700. The SMILES string of the molecule is CCCCCCCCCC(=O)NCC[N+](C)(C)CC(O)CS(=O)(=O)O. The van der Waals surface area contributed by atoms with Crippen molar-refractivity contribution in [2.75, 3.05) is 39.5 Å². The zero-order chi connectivity index (χ0) is 19.3. The highest BCUT2D eigenvalue weighted by atomic mass is 32.2. The van der Waals surface area contributed by atoms with Gasteiger partial charge in [0.05, 0.1) is 27.2 Å². The molecule has 0 aromatic rings. The lowest BCUT2D eigenvalue weighted by atomic mass is 10.1. The quantitative estimate of drug-likeness (QED) is 0.227. The van der Waals surface area contributed by atoms with Crippen molar-refractivity contribution in [3.8, 4) is 0 Å². The molecule has 0 rings (SSSR count). The molecule has 0 aliphatic rings. The van der Waals surface area contributed by atoms with Gasteiger partial charge in [-0.15, -0.1) is 0 Å². The van der Waals surface area contributed by atoms with Crippen LogP contribution in [-0.2, 0) is 14.9 Å². The zero-order valence-electron chi connectivity index (χ0n) is 16.0. The van der Waals surface area contributed by atoms with Gasteiger partial charge in [0.1, 0.15) is 18.4 Å². The number of aliphatic hydroxyl groups excluding tert-OH is 1. The zero-order valence-corrected chi connectivity index (χ0v) is 16.9. The van der Waals surface area contributed by atoms with Gasteiger partial charge in [-0.2, -0.15) is 8.42 Å². The van der Waals surface area contributed by atoms with Crippen LogP contribution in [0.2, 0.25) is 0 Å². The van der Waals surface area contributed by atoms with E-state index >= 15 is 0 Å². The van der Waals surface area contributed by atoms with Gasteiger partial charge in [0.15, 0.2) is 0 Å². The molecule has 0 saturated heterocycles. The minimum atomic E-state index is -4.18. The number of hydrogen-bond acceptors (Lipinski definition) is 4. The summed E-state index contributed by atoms with van der Waals surface area (Å²) in [5.41, 5.74) is 0. The van der Waals surface area contributed by atoms with Gasteiger partial charge in [-0.1, -0.05) is 45.4 Å². The largest absolute Gasteiger partial charge is 0.386 e. The minimum Gasteiger partial charge on any atom is -0.386 e. The highest BCUT2D eigenvalue weighted by Crippen LogP contribution is 2.08. The molecule has 1 atom stereocenters. The topological polar surface area (TPSA) is 104 Å². The van der Waals surface area contributed by atoms with E-state index in [0.29, 0.717) is 24.0 Å². The van der Waals surface area contributed by atoms with Gasteiger partial charge in [0.2, 0.25) is 5.91 Å². The first-order valence-corrected chi connectivity index (χ1v) is 10.9. The summed E-state index contributed by atoms with van der Waals surface area (Å²) >= 11 is 0. The van der Waals surface area contributed by atoms with E-state index in [1.807, 2.05) is 14.1 Å². The monoisotopic (exact) mass is 381 g/mol. The Kier molecular flexibility index (Phi) is 12.3. The molecule has 8 heteroatoms. The molecule has 0 bridgehead atoms. The lowest BCUT2D eigenvalue weighted by Crippen LogP contribution is -2.50. The maximum atomic E-state index is 11.8. The van der Waals surface area contributed by atoms with Crippen molar-refractivity contribution in [1.29, 1.82) is 0 Å². The van der Waals surface area contributed by atoms with Crippen LogP contribution in [0.4, 0.5) is 0 Å². The first kappa shape index (κ1) is 24.3. The molecule has 3 N–H and O–H groups in total. The third-order valence-electron chi connectivity index (χ3n) is 4.15. The van der Waals surface area contributed by atoms with Gasteiger partial charge in [-0.3, -0.25) is 9.35 Å². The summed E-state index contributed by atoms with van der Waals surface area (Å²) in [6, 6.07) is 0. The van der Waals surface area contributed by atoms with Crippen LogP contribution in [0.1, 0.15) is 58.3 Å². The molecule has 0 radical (unpaired) electrons. The number of rotatable bonds is 15. The Morgan fingerprint density at radius 2 is 1.64 bits per heavy atom. The first-order valence-electron chi connectivity index (χ1n) is 9.27. The average Bonchev–Trinajstić information content (AvgIpc) is 2.43. The Labute approximate surface area is 153 Å². The number of likely N-dealkylation sites (N-methyl/N-ethyl adjacent to an activating group) is 1. The van der Waals surface area contributed by atoms with Gasteiger partial charge < -0.3 is 14.9 Å². The molecule has 1 unspecified atom stereocenters. The number of hydrogen-bond donors (Lipinski definition) is 3. The number of nitrogens with zero attached hydrogens (tertiary/aromatic N) is 1. The van der Waals surface area contributed by atoms with Gasteiger partial charge in [-0.05, 0) is 6.42 Å². The van der Waals surface area contributed by atoms with E-state index in [9.17, 15) is 18.3 Å². The maximum absolute atomic E-state index is 11.8. The predicted octanol–water partition coefficient (Wildman–Crippen LogP) is 1.57.